The van der Waals surface area contributed by atoms with Gasteiger partial charge in [-0.15, -0.1) is 0 Å². The van der Waals surface area contributed by atoms with Crippen LogP contribution in [0.15, 0.2) is 11.6 Å². The van der Waals surface area contributed by atoms with Gasteiger partial charge in [-0.3, -0.25) is 9.59 Å². The Morgan fingerprint density at radius 1 is 1.21 bits per heavy atom. The molecule has 0 heterocycles. The average molecular weight is 330 g/mol. The molecule has 5 aliphatic carbocycles. The maximum absolute atomic E-state index is 12.6. The molecule has 132 valence electrons. The first kappa shape index (κ1) is 16.4. The van der Waals surface area contributed by atoms with Crippen molar-refractivity contribution < 1.29 is 14.3 Å². The second-order valence-electron chi connectivity index (χ2n) is 9.47. The fraction of sp³-hybridized carbons (Fsp3) is 0.810. The highest BCUT2D eigenvalue weighted by Crippen LogP contribution is 2.70. The zero-order chi connectivity index (χ0) is 17.3. The number of fused-ring (bicyclic) bond motifs is 2. The van der Waals surface area contributed by atoms with Gasteiger partial charge in [-0.05, 0) is 68.6 Å². The number of esters is 1. The van der Waals surface area contributed by atoms with Gasteiger partial charge in [-0.25, -0.2) is 0 Å². The third-order valence-electron chi connectivity index (χ3n) is 8.45. The molecular weight excluding hydrogens is 300 g/mol. The van der Waals surface area contributed by atoms with E-state index in [-0.39, 0.29) is 28.1 Å². The van der Waals surface area contributed by atoms with Crippen LogP contribution < -0.4 is 0 Å². The molecule has 5 rings (SSSR count). The van der Waals surface area contributed by atoms with Crippen molar-refractivity contribution >= 4 is 11.8 Å². The van der Waals surface area contributed by atoms with Crippen molar-refractivity contribution in [1.82, 2.24) is 0 Å². The molecule has 6 atom stereocenters. The molecule has 3 fully saturated rings. The maximum Gasteiger partial charge on any atom is 0.311 e. The fourth-order valence-electron chi connectivity index (χ4n) is 7.45. The van der Waals surface area contributed by atoms with Crippen molar-refractivity contribution in [2.45, 2.75) is 65.7 Å². The monoisotopic (exact) mass is 330 g/mol. The molecule has 2 bridgehead atoms. The minimum absolute atomic E-state index is 0.0295. The molecule has 1 spiro atoms. The lowest BCUT2D eigenvalue weighted by Crippen LogP contribution is -2.61. The molecule has 24 heavy (non-hydrogen) atoms. The van der Waals surface area contributed by atoms with Crippen molar-refractivity contribution in [3.63, 3.8) is 0 Å². The van der Waals surface area contributed by atoms with E-state index in [1.165, 1.54) is 19.1 Å². The second kappa shape index (κ2) is 4.95. The molecule has 0 radical (unpaired) electrons. The number of ketones is 1. The van der Waals surface area contributed by atoms with E-state index in [1.54, 1.807) is 0 Å². The van der Waals surface area contributed by atoms with Gasteiger partial charge in [-0.1, -0.05) is 25.0 Å². The largest absolute Gasteiger partial charge is 0.469 e. The van der Waals surface area contributed by atoms with Crippen LogP contribution in [0, 0.1) is 34.0 Å². The van der Waals surface area contributed by atoms with Gasteiger partial charge >= 0.3 is 5.97 Å². The zero-order valence-corrected chi connectivity index (χ0v) is 15.5. The Labute approximate surface area is 145 Å². The maximum atomic E-state index is 12.6. The summed E-state index contributed by atoms with van der Waals surface area (Å²) in [5.74, 6) is 1.49. The number of allylic oxidation sites excluding steroid dienone is 2. The van der Waals surface area contributed by atoms with Crippen LogP contribution in [0.1, 0.15) is 65.7 Å². The van der Waals surface area contributed by atoms with Crippen LogP contribution >= 0.6 is 0 Å². The minimum atomic E-state index is -0.358. The van der Waals surface area contributed by atoms with Crippen LogP contribution in [0.4, 0.5) is 0 Å². The summed E-state index contributed by atoms with van der Waals surface area (Å²) in [5.41, 5.74) is 1.16. The first-order valence-corrected chi connectivity index (χ1v) is 9.57. The Kier molecular flexibility index (Phi) is 3.38. The van der Waals surface area contributed by atoms with Crippen molar-refractivity contribution in [2.75, 3.05) is 7.11 Å². The number of carbonyl (C=O) groups is 2. The molecule has 0 N–H and O–H groups in total. The summed E-state index contributed by atoms with van der Waals surface area (Å²) in [7, 11) is 1.52. The van der Waals surface area contributed by atoms with Crippen LogP contribution in [-0.4, -0.2) is 18.9 Å². The summed E-state index contributed by atoms with van der Waals surface area (Å²) in [5, 5.41) is 0. The number of methoxy groups -OCH3 is 1. The molecule has 5 aliphatic rings. The van der Waals surface area contributed by atoms with Crippen LogP contribution in [0.2, 0.25) is 0 Å². The van der Waals surface area contributed by atoms with Gasteiger partial charge in [0, 0.05) is 12.3 Å². The number of rotatable bonds is 1. The molecule has 3 heteroatoms. The molecule has 0 aromatic carbocycles. The van der Waals surface area contributed by atoms with Crippen molar-refractivity contribution in [2.24, 2.45) is 34.0 Å². The van der Waals surface area contributed by atoms with Gasteiger partial charge in [0.15, 0.2) is 0 Å². The molecule has 3 saturated carbocycles. The molecule has 0 aliphatic heterocycles. The van der Waals surface area contributed by atoms with Crippen LogP contribution in [0.5, 0.6) is 0 Å². The molecule has 0 saturated heterocycles. The highest BCUT2D eigenvalue weighted by molar-refractivity contribution is 5.87. The van der Waals surface area contributed by atoms with Gasteiger partial charge in [0.05, 0.1) is 12.5 Å². The zero-order valence-electron chi connectivity index (χ0n) is 15.5. The van der Waals surface area contributed by atoms with E-state index in [4.69, 9.17) is 4.74 Å². The number of hydrogen-bond acceptors (Lipinski definition) is 3. The first-order valence-electron chi connectivity index (χ1n) is 9.57. The smallest absolute Gasteiger partial charge is 0.311 e. The Morgan fingerprint density at radius 2 is 1.96 bits per heavy atom. The van der Waals surface area contributed by atoms with Gasteiger partial charge < -0.3 is 4.74 Å². The van der Waals surface area contributed by atoms with Gasteiger partial charge in [-0.2, -0.15) is 0 Å². The number of Topliss-reactive ketones (excluding diaryl/α,β-unsaturated/α-hetero) is 1. The molecule has 0 aromatic heterocycles. The molecule has 0 aromatic rings. The number of carbonyl (C=O) groups excluding carboxylic acids is 2. The normalized spacial score (nSPS) is 49.9. The fourth-order valence-corrected chi connectivity index (χ4v) is 7.45. The number of ether oxygens (including phenoxy) is 1. The van der Waals surface area contributed by atoms with E-state index in [1.807, 2.05) is 0 Å². The second-order valence-corrected chi connectivity index (χ2v) is 9.47. The lowest BCUT2D eigenvalue weighted by atomic mass is 9.38. The highest BCUT2D eigenvalue weighted by Gasteiger charge is 2.65. The number of hydrogen-bond donors (Lipinski definition) is 0. The van der Waals surface area contributed by atoms with E-state index in [2.05, 4.69) is 26.8 Å². The minimum Gasteiger partial charge on any atom is -0.469 e. The molecule has 0 unspecified atom stereocenters. The van der Waals surface area contributed by atoms with Crippen LogP contribution in [0.25, 0.3) is 0 Å². The van der Waals surface area contributed by atoms with E-state index in [9.17, 15) is 9.59 Å². The third-order valence-corrected chi connectivity index (χ3v) is 8.45. The summed E-state index contributed by atoms with van der Waals surface area (Å²) in [6.45, 7) is 6.69. The Hall–Kier alpha value is -1.12. The van der Waals surface area contributed by atoms with Crippen molar-refractivity contribution in [3.05, 3.63) is 11.6 Å². The summed E-state index contributed by atoms with van der Waals surface area (Å²) in [6, 6.07) is 0. The first-order chi connectivity index (χ1) is 11.3. The third kappa shape index (κ3) is 1.84. The van der Waals surface area contributed by atoms with Gasteiger partial charge in [0.1, 0.15) is 5.78 Å². The van der Waals surface area contributed by atoms with Gasteiger partial charge in [0.25, 0.3) is 0 Å². The summed E-state index contributed by atoms with van der Waals surface area (Å²) >= 11 is 0. The Morgan fingerprint density at radius 3 is 2.62 bits per heavy atom. The lowest BCUT2D eigenvalue weighted by molar-refractivity contribution is -0.185. The SMILES string of the molecule is COC(=O)[C@]1(C)CCC[C@@]2(C)[C@@H]3C[C@@H]4C(=O)C[C@]3(C=C4C)CC[C@@H]21. The van der Waals surface area contributed by atoms with Crippen LogP contribution in [0.3, 0.4) is 0 Å². The Bertz CT molecular complexity index is 635. The lowest BCUT2D eigenvalue weighted by Gasteiger charge is -2.65. The predicted molar refractivity (Wildman–Crippen MR) is 92.2 cm³/mol. The molecule has 0 amide bonds. The molecule has 3 nitrogen and oxygen atoms in total. The van der Waals surface area contributed by atoms with Crippen LogP contribution in [-0.2, 0) is 14.3 Å². The highest BCUT2D eigenvalue weighted by atomic mass is 16.5. The van der Waals surface area contributed by atoms with E-state index >= 15 is 0 Å². The summed E-state index contributed by atoms with van der Waals surface area (Å²) < 4.78 is 5.21. The van der Waals surface area contributed by atoms with Gasteiger partial charge in [0.2, 0.25) is 0 Å². The summed E-state index contributed by atoms with van der Waals surface area (Å²) in [4.78, 5) is 25.2. The van der Waals surface area contributed by atoms with Crippen molar-refractivity contribution in [3.8, 4) is 0 Å². The predicted octanol–water partition coefficient (Wildman–Crippen LogP) is 4.31. The topological polar surface area (TPSA) is 43.4 Å². The van der Waals surface area contributed by atoms with E-state index in [0.29, 0.717) is 17.6 Å². The van der Waals surface area contributed by atoms with E-state index in [0.717, 1.165) is 38.5 Å². The van der Waals surface area contributed by atoms with E-state index < -0.39 is 0 Å². The average Bonchev–Trinajstić information content (AvgIpc) is 2.52. The molecular formula is C21H30O3. The Balaban J connectivity index is 1.77. The van der Waals surface area contributed by atoms with Crippen molar-refractivity contribution in [1.29, 1.82) is 0 Å². The summed E-state index contributed by atoms with van der Waals surface area (Å²) in [6.07, 6.45) is 9.51. The quantitative estimate of drug-likeness (QED) is 0.531. The standard InChI is InChI=1S/C21H30O3/c1-13-11-21-9-6-16-19(2,17(21)10-14(13)15(22)12-21)7-5-8-20(16,3)18(23)24-4/h11,14,16-17H,5-10,12H2,1-4H3/t14-,16-,17-,19+,20+,21+/m0/s1.